The number of aromatic nitrogens is 4. The third-order valence-corrected chi connectivity index (χ3v) is 5.68. The van der Waals surface area contributed by atoms with Crippen LogP contribution >= 0.6 is 0 Å². The van der Waals surface area contributed by atoms with Crippen LogP contribution in [0.4, 0.5) is 0 Å². The van der Waals surface area contributed by atoms with Gasteiger partial charge in [0, 0.05) is 18.7 Å². The predicted octanol–water partition coefficient (Wildman–Crippen LogP) is 2.69. The zero-order chi connectivity index (χ0) is 17.2. The molecule has 0 N–H and O–H groups in total. The van der Waals surface area contributed by atoms with E-state index in [9.17, 15) is 4.79 Å². The molecule has 132 valence electrons. The Balaban J connectivity index is 1.39. The summed E-state index contributed by atoms with van der Waals surface area (Å²) in [7, 11) is 0. The first-order valence-corrected chi connectivity index (χ1v) is 9.31. The zero-order valence-electron chi connectivity index (χ0n) is 14.8. The Labute approximate surface area is 148 Å². The van der Waals surface area contributed by atoms with E-state index >= 15 is 0 Å². The lowest BCUT2D eigenvalue weighted by Gasteiger charge is -2.41. The molecule has 0 bridgehead atoms. The lowest BCUT2D eigenvalue weighted by molar-refractivity contribution is -0.135. The third kappa shape index (κ3) is 3.57. The molecule has 1 saturated heterocycles. The van der Waals surface area contributed by atoms with Crippen LogP contribution in [0.3, 0.4) is 0 Å². The fourth-order valence-corrected chi connectivity index (χ4v) is 4.18. The molecule has 2 fully saturated rings. The van der Waals surface area contributed by atoms with Gasteiger partial charge in [-0.05, 0) is 36.8 Å². The highest BCUT2D eigenvalue weighted by molar-refractivity contribution is 5.76. The van der Waals surface area contributed by atoms with Gasteiger partial charge in [0.05, 0.1) is 0 Å². The van der Waals surface area contributed by atoms with Gasteiger partial charge in [-0.25, -0.2) is 0 Å². The van der Waals surface area contributed by atoms with Gasteiger partial charge in [0.2, 0.25) is 11.7 Å². The number of tetrazole rings is 1. The first-order chi connectivity index (χ1) is 12.2. The summed E-state index contributed by atoms with van der Waals surface area (Å²) in [4.78, 5) is 16.1. The number of likely N-dealkylation sites (tertiary alicyclic amines) is 1. The van der Waals surface area contributed by atoms with E-state index in [0.29, 0.717) is 11.7 Å². The van der Waals surface area contributed by atoms with Gasteiger partial charge in [0.25, 0.3) is 0 Å². The molecule has 25 heavy (non-hydrogen) atoms. The van der Waals surface area contributed by atoms with Crippen molar-refractivity contribution < 1.29 is 4.79 Å². The molecular weight excluding hydrogens is 314 g/mol. The van der Waals surface area contributed by atoms with Gasteiger partial charge in [0.15, 0.2) is 0 Å². The number of carbonyl (C=O) groups excluding carboxylic acids is 1. The van der Waals surface area contributed by atoms with Crippen LogP contribution in [0, 0.1) is 18.8 Å². The van der Waals surface area contributed by atoms with E-state index in [-0.39, 0.29) is 12.5 Å². The minimum absolute atomic E-state index is 0.108. The molecule has 0 spiro atoms. The number of aryl methyl sites for hydroxylation is 1. The summed E-state index contributed by atoms with van der Waals surface area (Å²) in [5.41, 5.74) is 2.12. The van der Waals surface area contributed by atoms with Gasteiger partial charge in [-0.1, -0.05) is 49.1 Å². The topological polar surface area (TPSA) is 63.9 Å². The molecule has 1 aliphatic carbocycles. The predicted molar refractivity (Wildman–Crippen MR) is 94.6 cm³/mol. The molecule has 2 aromatic rings. The summed E-state index contributed by atoms with van der Waals surface area (Å²) >= 11 is 0. The number of hydrogen-bond donors (Lipinski definition) is 0. The van der Waals surface area contributed by atoms with Crippen molar-refractivity contribution in [2.75, 3.05) is 13.1 Å². The summed E-state index contributed by atoms with van der Waals surface area (Å²) in [5, 5.41) is 12.5. The number of carbonyl (C=O) groups is 1. The highest BCUT2D eigenvalue weighted by Gasteiger charge is 2.33. The van der Waals surface area contributed by atoms with Gasteiger partial charge in [-0.15, -0.1) is 10.2 Å². The number of nitrogens with zero attached hydrogens (tertiary/aromatic N) is 5. The minimum Gasteiger partial charge on any atom is -0.341 e. The fourth-order valence-electron chi connectivity index (χ4n) is 4.18. The molecule has 2 heterocycles. The van der Waals surface area contributed by atoms with Crippen molar-refractivity contribution in [3.8, 4) is 11.4 Å². The second-order valence-corrected chi connectivity index (χ2v) is 7.44. The highest BCUT2D eigenvalue weighted by Crippen LogP contribution is 2.36. The van der Waals surface area contributed by atoms with E-state index < -0.39 is 0 Å². The largest absolute Gasteiger partial charge is 0.341 e. The van der Waals surface area contributed by atoms with Crippen molar-refractivity contribution in [1.82, 2.24) is 25.1 Å². The van der Waals surface area contributed by atoms with Crippen LogP contribution in [0.25, 0.3) is 11.4 Å². The number of benzene rings is 1. The average molecular weight is 339 g/mol. The number of piperidine rings is 1. The van der Waals surface area contributed by atoms with Crippen LogP contribution in [0.1, 0.15) is 37.7 Å². The number of fused-ring (bicyclic) bond motifs is 1. The molecule has 6 heteroatoms. The molecule has 2 atom stereocenters. The Hall–Kier alpha value is -2.24. The molecule has 4 rings (SSSR count). The van der Waals surface area contributed by atoms with Gasteiger partial charge >= 0.3 is 0 Å². The summed E-state index contributed by atoms with van der Waals surface area (Å²) in [6.07, 6.45) is 6.44. The maximum Gasteiger partial charge on any atom is 0.246 e. The monoisotopic (exact) mass is 339 g/mol. The van der Waals surface area contributed by atoms with E-state index in [0.717, 1.165) is 31.0 Å². The highest BCUT2D eigenvalue weighted by atomic mass is 16.2. The summed E-state index contributed by atoms with van der Waals surface area (Å²) < 4.78 is 0. The first-order valence-electron chi connectivity index (χ1n) is 9.31. The standard InChI is InChI=1S/C19H25N5O/c1-14-6-8-16(9-7-14)19-20-22-24(21-19)13-18(25)23-11-10-15-4-2-3-5-17(15)12-23/h6-9,15,17H,2-5,10-13H2,1H3/t15-,17+/m0/s1. The van der Waals surface area contributed by atoms with E-state index in [1.165, 1.54) is 36.0 Å². The van der Waals surface area contributed by atoms with Crippen molar-refractivity contribution in [3.63, 3.8) is 0 Å². The molecule has 0 unspecified atom stereocenters. The van der Waals surface area contributed by atoms with Crippen molar-refractivity contribution in [3.05, 3.63) is 29.8 Å². The number of amides is 1. The normalized spacial score (nSPS) is 23.3. The quantitative estimate of drug-likeness (QED) is 0.862. The average Bonchev–Trinajstić information content (AvgIpc) is 3.10. The third-order valence-electron chi connectivity index (χ3n) is 5.68. The van der Waals surface area contributed by atoms with Gasteiger partial charge < -0.3 is 4.90 Å². The Morgan fingerprint density at radius 1 is 1.12 bits per heavy atom. The number of hydrogen-bond acceptors (Lipinski definition) is 4. The molecule has 6 nitrogen and oxygen atoms in total. The summed E-state index contributed by atoms with van der Waals surface area (Å²) in [6, 6.07) is 8.00. The molecule has 1 aromatic heterocycles. The summed E-state index contributed by atoms with van der Waals surface area (Å²) in [6.45, 7) is 4.00. The Morgan fingerprint density at radius 2 is 1.88 bits per heavy atom. The second-order valence-electron chi connectivity index (χ2n) is 7.44. The minimum atomic E-state index is 0.108. The van der Waals surface area contributed by atoms with Crippen LogP contribution in [0.15, 0.2) is 24.3 Å². The van der Waals surface area contributed by atoms with Crippen molar-refractivity contribution in [2.24, 2.45) is 11.8 Å². The molecule has 1 aliphatic heterocycles. The lowest BCUT2D eigenvalue weighted by atomic mass is 9.75. The number of rotatable bonds is 3. The molecule has 1 aromatic carbocycles. The van der Waals surface area contributed by atoms with Crippen LogP contribution in [-0.4, -0.2) is 44.1 Å². The van der Waals surface area contributed by atoms with Crippen LogP contribution in [-0.2, 0) is 11.3 Å². The molecule has 2 aliphatic rings. The van der Waals surface area contributed by atoms with Gasteiger partial charge in [-0.2, -0.15) is 4.80 Å². The fraction of sp³-hybridized carbons (Fsp3) is 0.579. The summed E-state index contributed by atoms with van der Waals surface area (Å²) in [5.74, 6) is 2.20. The van der Waals surface area contributed by atoms with Crippen molar-refractivity contribution in [2.45, 2.75) is 45.6 Å². The maximum atomic E-state index is 12.6. The van der Waals surface area contributed by atoms with Crippen LogP contribution in [0.5, 0.6) is 0 Å². The molecule has 1 amide bonds. The van der Waals surface area contributed by atoms with E-state index in [2.05, 4.69) is 15.4 Å². The van der Waals surface area contributed by atoms with Crippen LogP contribution in [0.2, 0.25) is 0 Å². The van der Waals surface area contributed by atoms with Gasteiger partial charge in [0.1, 0.15) is 6.54 Å². The van der Waals surface area contributed by atoms with E-state index in [4.69, 9.17) is 0 Å². The van der Waals surface area contributed by atoms with E-state index in [1.54, 1.807) is 0 Å². The Kier molecular flexibility index (Phi) is 4.51. The Bertz CT molecular complexity index is 739. The smallest absolute Gasteiger partial charge is 0.246 e. The Morgan fingerprint density at radius 3 is 2.68 bits per heavy atom. The first kappa shape index (κ1) is 16.2. The lowest BCUT2D eigenvalue weighted by Crippen LogP contribution is -2.46. The van der Waals surface area contributed by atoms with Crippen molar-refractivity contribution >= 4 is 5.91 Å². The van der Waals surface area contributed by atoms with Crippen molar-refractivity contribution in [1.29, 1.82) is 0 Å². The molecule has 1 saturated carbocycles. The van der Waals surface area contributed by atoms with E-state index in [1.807, 2.05) is 36.1 Å². The zero-order valence-corrected chi connectivity index (χ0v) is 14.8. The second kappa shape index (κ2) is 6.94. The van der Waals surface area contributed by atoms with Gasteiger partial charge in [-0.3, -0.25) is 4.79 Å². The maximum absolute atomic E-state index is 12.6. The van der Waals surface area contributed by atoms with Crippen LogP contribution < -0.4 is 0 Å². The SMILES string of the molecule is Cc1ccc(-c2nnn(CC(=O)N3CC[C@@H]4CCCC[C@@H]4C3)n2)cc1. The molecule has 0 radical (unpaired) electrons. The molecular formula is C19H25N5O.